The smallest absolute Gasteiger partial charge is 0.259 e. The van der Waals surface area contributed by atoms with Gasteiger partial charge in [0.2, 0.25) is 5.82 Å². The van der Waals surface area contributed by atoms with E-state index in [1.165, 1.54) is 0 Å². The predicted octanol–water partition coefficient (Wildman–Crippen LogP) is 3.78. The first-order valence-electron chi connectivity index (χ1n) is 8.42. The van der Waals surface area contributed by atoms with Crippen LogP contribution in [-0.4, -0.2) is 38.3 Å². The summed E-state index contributed by atoms with van der Waals surface area (Å²) in [7, 11) is 2.00. The zero-order valence-electron chi connectivity index (χ0n) is 14.7. The number of imidazole rings is 1. The average Bonchev–Trinajstić information content (AvgIpc) is 3.38. The number of hydrogen-bond acceptors (Lipinski definition) is 6. The van der Waals surface area contributed by atoms with Gasteiger partial charge in [0, 0.05) is 49.3 Å². The second-order valence-electron chi connectivity index (χ2n) is 6.06. The van der Waals surface area contributed by atoms with E-state index in [0.717, 1.165) is 30.0 Å². The van der Waals surface area contributed by atoms with Gasteiger partial charge in [0.1, 0.15) is 5.82 Å². The lowest BCUT2D eigenvalue weighted by atomic mass is 10.2. The van der Waals surface area contributed by atoms with Gasteiger partial charge in [-0.05, 0) is 24.3 Å². The number of pyridine rings is 1. The summed E-state index contributed by atoms with van der Waals surface area (Å²) in [5.41, 5.74) is 1.57. The number of benzene rings is 1. The number of aromatic nitrogens is 5. The van der Waals surface area contributed by atoms with Crippen molar-refractivity contribution in [3.63, 3.8) is 0 Å². The lowest BCUT2D eigenvalue weighted by Crippen LogP contribution is -2.23. The second kappa shape index (κ2) is 7.59. The van der Waals surface area contributed by atoms with E-state index in [4.69, 9.17) is 16.1 Å². The molecule has 4 aromatic rings. The van der Waals surface area contributed by atoms with E-state index in [0.29, 0.717) is 16.7 Å². The summed E-state index contributed by atoms with van der Waals surface area (Å²) in [6, 6.07) is 11.2. The van der Waals surface area contributed by atoms with E-state index in [9.17, 15) is 0 Å². The summed E-state index contributed by atoms with van der Waals surface area (Å²) >= 11 is 6.02. The van der Waals surface area contributed by atoms with Crippen LogP contribution in [0.25, 0.3) is 22.8 Å². The molecule has 0 radical (unpaired) electrons. The van der Waals surface area contributed by atoms with Crippen LogP contribution in [0.2, 0.25) is 5.02 Å². The Bertz CT molecular complexity index is 1010. The number of anilines is 1. The third kappa shape index (κ3) is 3.98. The molecule has 0 amide bonds. The lowest BCUT2D eigenvalue weighted by Gasteiger charge is -2.18. The van der Waals surface area contributed by atoms with Crippen LogP contribution in [0.3, 0.4) is 0 Å². The molecule has 0 atom stereocenters. The van der Waals surface area contributed by atoms with Crippen molar-refractivity contribution in [3.8, 4) is 22.8 Å². The maximum atomic E-state index is 6.02. The van der Waals surface area contributed by atoms with Crippen molar-refractivity contribution >= 4 is 17.4 Å². The SMILES string of the molecule is CN(CCn1ccnc1)c1ccc(-c2nc(-c3cccc(Cl)c3)no2)cn1. The van der Waals surface area contributed by atoms with Gasteiger partial charge in [-0.3, -0.25) is 0 Å². The maximum absolute atomic E-state index is 6.02. The number of rotatable bonds is 6. The summed E-state index contributed by atoms with van der Waals surface area (Å²) in [6.07, 6.45) is 7.25. The Labute approximate surface area is 161 Å². The Kier molecular flexibility index (Phi) is 4.84. The monoisotopic (exact) mass is 380 g/mol. The van der Waals surface area contributed by atoms with Gasteiger partial charge >= 0.3 is 0 Å². The first-order chi connectivity index (χ1) is 13.2. The molecule has 0 bridgehead atoms. The first kappa shape index (κ1) is 17.2. The van der Waals surface area contributed by atoms with Crippen molar-refractivity contribution in [2.45, 2.75) is 6.54 Å². The highest BCUT2D eigenvalue weighted by Crippen LogP contribution is 2.24. The van der Waals surface area contributed by atoms with Crippen molar-refractivity contribution in [3.05, 3.63) is 66.3 Å². The first-order valence-corrected chi connectivity index (χ1v) is 8.80. The van der Waals surface area contributed by atoms with E-state index in [-0.39, 0.29) is 0 Å². The van der Waals surface area contributed by atoms with Gasteiger partial charge in [-0.15, -0.1) is 0 Å². The topological polar surface area (TPSA) is 72.9 Å². The molecule has 0 aliphatic carbocycles. The number of hydrogen-bond donors (Lipinski definition) is 0. The van der Waals surface area contributed by atoms with Crippen LogP contribution in [0, 0.1) is 0 Å². The molecule has 0 aliphatic heterocycles. The van der Waals surface area contributed by atoms with Crippen molar-refractivity contribution in [1.29, 1.82) is 0 Å². The van der Waals surface area contributed by atoms with Gasteiger partial charge in [-0.1, -0.05) is 28.9 Å². The Morgan fingerprint density at radius 1 is 1.19 bits per heavy atom. The Hall–Kier alpha value is -3.19. The third-order valence-electron chi connectivity index (χ3n) is 4.15. The molecule has 136 valence electrons. The Morgan fingerprint density at radius 2 is 2.11 bits per heavy atom. The molecule has 27 heavy (non-hydrogen) atoms. The number of halogens is 1. The number of likely N-dealkylation sites (N-methyl/N-ethyl adjacent to an activating group) is 1. The standard InChI is InChI=1S/C19H17ClN6O/c1-25(9-10-26-8-7-21-13-26)17-6-5-15(12-22-17)19-23-18(24-27-19)14-3-2-4-16(20)11-14/h2-8,11-13H,9-10H2,1H3. The van der Waals surface area contributed by atoms with Gasteiger partial charge in [0.05, 0.1) is 11.9 Å². The van der Waals surface area contributed by atoms with Crippen LogP contribution in [0.5, 0.6) is 0 Å². The highest BCUT2D eigenvalue weighted by molar-refractivity contribution is 6.30. The summed E-state index contributed by atoms with van der Waals surface area (Å²) in [5.74, 6) is 1.78. The minimum absolute atomic E-state index is 0.421. The molecule has 3 aromatic heterocycles. The van der Waals surface area contributed by atoms with E-state index >= 15 is 0 Å². The van der Waals surface area contributed by atoms with E-state index in [2.05, 4.69) is 25.0 Å². The molecule has 1 aromatic carbocycles. The maximum Gasteiger partial charge on any atom is 0.259 e. The molecule has 0 fully saturated rings. The zero-order valence-corrected chi connectivity index (χ0v) is 15.4. The highest BCUT2D eigenvalue weighted by atomic mass is 35.5. The fourth-order valence-electron chi connectivity index (χ4n) is 2.62. The van der Waals surface area contributed by atoms with E-state index in [1.54, 1.807) is 30.9 Å². The average molecular weight is 381 g/mol. The third-order valence-corrected chi connectivity index (χ3v) is 4.38. The summed E-state index contributed by atoms with van der Waals surface area (Å²) in [4.78, 5) is 15.1. The van der Waals surface area contributed by atoms with Crippen molar-refractivity contribution in [2.24, 2.45) is 0 Å². The molecule has 7 nitrogen and oxygen atoms in total. The molecule has 0 aliphatic rings. The van der Waals surface area contributed by atoms with Crippen molar-refractivity contribution < 1.29 is 4.52 Å². The normalized spacial score (nSPS) is 10.9. The van der Waals surface area contributed by atoms with Crippen LogP contribution in [0.4, 0.5) is 5.82 Å². The van der Waals surface area contributed by atoms with Gasteiger partial charge in [-0.25, -0.2) is 9.97 Å². The summed E-state index contributed by atoms with van der Waals surface area (Å²) in [6.45, 7) is 1.66. The van der Waals surface area contributed by atoms with Gasteiger partial charge < -0.3 is 14.0 Å². The minimum Gasteiger partial charge on any atom is -0.358 e. The second-order valence-corrected chi connectivity index (χ2v) is 6.50. The number of nitrogens with zero attached hydrogens (tertiary/aromatic N) is 6. The molecule has 8 heteroatoms. The van der Waals surface area contributed by atoms with E-state index < -0.39 is 0 Å². The fraction of sp³-hybridized carbons (Fsp3) is 0.158. The molecular weight excluding hydrogens is 364 g/mol. The quantitative estimate of drug-likeness (QED) is 0.506. The largest absolute Gasteiger partial charge is 0.358 e. The molecule has 3 heterocycles. The molecule has 0 unspecified atom stereocenters. The summed E-state index contributed by atoms with van der Waals surface area (Å²) < 4.78 is 7.40. The Balaban J connectivity index is 1.46. The summed E-state index contributed by atoms with van der Waals surface area (Å²) in [5, 5.41) is 4.66. The van der Waals surface area contributed by atoms with Crippen LogP contribution >= 0.6 is 11.6 Å². The van der Waals surface area contributed by atoms with E-state index in [1.807, 2.05) is 42.1 Å². The molecule has 0 saturated carbocycles. The van der Waals surface area contributed by atoms with Crippen LogP contribution in [0.1, 0.15) is 0 Å². The van der Waals surface area contributed by atoms with Gasteiger partial charge in [-0.2, -0.15) is 4.98 Å². The minimum atomic E-state index is 0.421. The fourth-order valence-corrected chi connectivity index (χ4v) is 2.81. The molecule has 0 saturated heterocycles. The van der Waals surface area contributed by atoms with Crippen LogP contribution in [-0.2, 0) is 6.54 Å². The lowest BCUT2D eigenvalue weighted by molar-refractivity contribution is 0.432. The van der Waals surface area contributed by atoms with Crippen LogP contribution < -0.4 is 4.90 Å². The molecule has 0 N–H and O–H groups in total. The highest BCUT2D eigenvalue weighted by Gasteiger charge is 2.12. The molecule has 0 spiro atoms. The van der Waals surface area contributed by atoms with Crippen LogP contribution in [0.15, 0.2) is 65.8 Å². The molecule has 4 rings (SSSR count). The zero-order chi connectivity index (χ0) is 18.6. The van der Waals surface area contributed by atoms with Crippen molar-refractivity contribution in [1.82, 2.24) is 24.7 Å². The molecular formula is C19H17ClN6O. The predicted molar refractivity (Wildman–Crippen MR) is 103 cm³/mol. The van der Waals surface area contributed by atoms with Gasteiger partial charge in [0.15, 0.2) is 0 Å². The Morgan fingerprint density at radius 3 is 2.85 bits per heavy atom. The van der Waals surface area contributed by atoms with Crippen molar-refractivity contribution in [2.75, 3.05) is 18.5 Å². The van der Waals surface area contributed by atoms with Gasteiger partial charge in [0.25, 0.3) is 5.89 Å².